The summed E-state index contributed by atoms with van der Waals surface area (Å²) < 4.78 is 17.1. The van der Waals surface area contributed by atoms with Crippen molar-refractivity contribution in [3.05, 3.63) is 82.2 Å². The van der Waals surface area contributed by atoms with Gasteiger partial charge in [-0.15, -0.1) is 11.3 Å². The number of rotatable bonds is 8. The van der Waals surface area contributed by atoms with Crippen LogP contribution in [-0.2, 0) is 9.59 Å². The van der Waals surface area contributed by atoms with Crippen LogP contribution in [0.25, 0.3) is 10.1 Å². The fourth-order valence-corrected chi connectivity index (χ4v) is 4.73. The number of hydrazone groups is 1. The maximum absolute atomic E-state index is 12.8. The number of amides is 2. The topological polar surface area (TPSA) is 115 Å². The fraction of sp³-hybridized carbons (Fsp3) is 0.111. The van der Waals surface area contributed by atoms with Crippen molar-refractivity contribution < 1.29 is 28.6 Å². The lowest BCUT2D eigenvalue weighted by molar-refractivity contribution is -0.136. The van der Waals surface area contributed by atoms with E-state index in [1.54, 1.807) is 36.4 Å². The molecule has 0 unspecified atom stereocenters. The molecular formula is C27H22ClN3O6S. The highest BCUT2D eigenvalue weighted by atomic mass is 35.5. The number of hydrogen-bond donors (Lipinski definition) is 2. The molecule has 0 aliphatic carbocycles. The van der Waals surface area contributed by atoms with Gasteiger partial charge in [0.15, 0.2) is 11.5 Å². The first-order valence-corrected chi connectivity index (χ1v) is 12.5. The van der Waals surface area contributed by atoms with Crippen molar-refractivity contribution in [2.75, 3.05) is 19.0 Å². The van der Waals surface area contributed by atoms with E-state index in [2.05, 4.69) is 15.8 Å². The smallest absolute Gasteiger partial charge is 0.355 e. The molecule has 0 radical (unpaired) electrons. The van der Waals surface area contributed by atoms with Crippen molar-refractivity contribution >= 4 is 62.7 Å². The van der Waals surface area contributed by atoms with Gasteiger partial charge in [-0.05, 0) is 61.0 Å². The molecule has 2 amide bonds. The number of nitrogens with zero attached hydrogens (tertiary/aromatic N) is 1. The molecule has 0 saturated carbocycles. The van der Waals surface area contributed by atoms with Crippen LogP contribution in [0.5, 0.6) is 17.2 Å². The maximum Gasteiger partial charge on any atom is 0.355 e. The third-order valence-corrected chi connectivity index (χ3v) is 6.78. The molecule has 38 heavy (non-hydrogen) atoms. The monoisotopic (exact) mass is 551 g/mol. The Morgan fingerprint density at radius 3 is 2.47 bits per heavy atom. The number of thiophene rings is 1. The van der Waals surface area contributed by atoms with Gasteiger partial charge in [-0.25, -0.2) is 10.2 Å². The van der Waals surface area contributed by atoms with E-state index in [-0.39, 0.29) is 16.4 Å². The lowest BCUT2D eigenvalue weighted by Gasteiger charge is -2.09. The van der Waals surface area contributed by atoms with Gasteiger partial charge in [0.05, 0.1) is 25.0 Å². The van der Waals surface area contributed by atoms with Gasteiger partial charge in [0.1, 0.15) is 10.6 Å². The summed E-state index contributed by atoms with van der Waals surface area (Å²) in [4.78, 5) is 37.2. The SMILES string of the molecule is CCOc1ccc(NC(=O)C(=O)N/N=C/c2ccc(OC(=O)c3sc4ccccc4c3Cl)c(OC)c2)cc1. The molecule has 0 aliphatic heterocycles. The maximum atomic E-state index is 12.8. The molecule has 1 heterocycles. The number of hydrogen-bond acceptors (Lipinski definition) is 8. The van der Waals surface area contributed by atoms with Crippen LogP contribution in [0, 0.1) is 0 Å². The molecule has 2 N–H and O–H groups in total. The third-order valence-electron chi connectivity index (χ3n) is 5.12. The Morgan fingerprint density at radius 1 is 1.00 bits per heavy atom. The molecule has 0 atom stereocenters. The van der Waals surface area contributed by atoms with E-state index in [1.807, 2.05) is 31.2 Å². The number of carbonyl (C=O) groups excluding carboxylic acids is 3. The zero-order chi connectivity index (χ0) is 27.1. The highest BCUT2D eigenvalue weighted by molar-refractivity contribution is 7.21. The quantitative estimate of drug-likeness (QED) is 0.101. The Balaban J connectivity index is 1.36. The second kappa shape index (κ2) is 12.2. The van der Waals surface area contributed by atoms with Gasteiger partial charge in [0, 0.05) is 15.8 Å². The number of anilines is 1. The molecule has 4 rings (SSSR count). The first kappa shape index (κ1) is 26.6. The summed E-state index contributed by atoms with van der Waals surface area (Å²) in [5.41, 5.74) is 3.12. The largest absolute Gasteiger partial charge is 0.494 e. The molecule has 11 heteroatoms. The lowest BCUT2D eigenvalue weighted by Crippen LogP contribution is -2.32. The van der Waals surface area contributed by atoms with E-state index in [0.717, 1.165) is 10.1 Å². The van der Waals surface area contributed by atoms with E-state index < -0.39 is 17.8 Å². The molecule has 194 valence electrons. The number of nitrogens with one attached hydrogen (secondary N) is 2. The summed E-state index contributed by atoms with van der Waals surface area (Å²) in [6.07, 6.45) is 1.32. The van der Waals surface area contributed by atoms with Gasteiger partial charge >= 0.3 is 17.8 Å². The molecule has 4 aromatic rings. The average molecular weight is 552 g/mol. The highest BCUT2D eigenvalue weighted by Crippen LogP contribution is 2.37. The Kier molecular flexibility index (Phi) is 8.57. The fourth-order valence-electron chi connectivity index (χ4n) is 3.35. The minimum atomic E-state index is -0.951. The van der Waals surface area contributed by atoms with Crippen molar-refractivity contribution in [1.29, 1.82) is 0 Å². The third kappa shape index (κ3) is 6.28. The average Bonchev–Trinajstić information content (AvgIpc) is 3.27. The van der Waals surface area contributed by atoms with Gasteiger partial charge in [-0.1, -0.05) is 29.8 Å². The Labute approximate surface area is 227 Å². The number of halogens is 1. The van der Waals surface area contributed by atoms with Gasteiger partial charge in [0.25, 0.3) is 0 Å². The number of ether oxygens (including phenoxy) is 3. The Hall–Kier alpha value is -4.41. The number of carbonyl (C=O) groups is 3. The summed E-state index contributed by atoms with van der Waals surface area (Å²) in [5.74, 6) is -1.35. The second-order valence-electron chi connectivity index (χ2n) is 7.65. The predicted octanol–water partition coefficient (Wildman–Crippen LogP) is 5.27. The second-order valence-corrected chi connectivity index (χ2v) is 9.08. The molecule has 1 aromatic heterocycles. The van der Waals surface area contributed by atoms with Crippen LogP contribution in [0.1, 0.15) is 22.2 Å². The molecular weight excluding hydrogens is 530 g/mol. The van der Waals surface area contributed by atoms with Crippen LogP contribution in [-0.4, -0.2) is 37.7 Å². The van der Waals surface area contributed by atoms with Crippen molar-refractivity contribution in [2.45, 2.75) is 6.92 Å². The summed E-state index contributed by atoms with van der Waals surface area (Å²) in [6.45, 7) is 2.39. The molecule has 0 bridgehead atoms. The normalized spacial score (nSPS) is 10.8. The van der Waals surface area contributed by atoms with E-state index in [9.17, 15) is 14.4 Å². The van der Waals surface area contributed by atoms with Crippen LogP contribution >= 0.6 is 22.9 Å². The minimum absolute atomic E-state index is 0.182. The van der Waals surface area contributed by atoms with E-state index in [1.165, 1.54) is 30.7 Å². The number of fused-ring (bicyclic) bond motifs is 1. The zero-order valence-electron chi connectivity index (χ0n) is 20.3. The van der Waals surface area contributed by atoms with E-state index >= 15 is 0 Å². The van der Waals surface area contributed by atoms with E-state index in [4.69, 9.17) is 25.8 Å². The van der Waals surface area contributed by atoms with Crippen molar-refractivity contribution in [3.8, 4) is 17.2 Å². The van der Waals surface area contributed by atoms with Gasteiger partial charge in [0.2, 0.25) is 0 Å². The van der Waals surface area contributed by atoms with Gasteiger partial charge in [-0.3, -0.25) is 9.59 Å². The van der Waals surface area contributed by atoms with Crippen molar-refractivity contribution in [1.82, 2.24) is 5.43 Å². The first-order valence-electron chi connectivity index (χ1n) is 11.3. The summed E-state index contributed by atoms with van der Waals surface area (Å²) in [6, 6.07) is 18.7. The van der Waals surface area contributed by atoms with Crippen LogP contribution in [0.3, 0.4) is 0 Å². The Morgan fingerprint density at radius 2 is 1.76 bits per heavy atom. The Bertz CT molecular complexity index is 1520. The molecule has 0 spiro atoms. The number of benzene rings is 3. The minimum Gasteiger partial charge on any atom is -0.494 e. The summed E-state index contributed by atoms with van der Waals surface area (Å²) in [7, 11) is 1.42. The standard InChI is InChI=1S/C27H22ClN3O6S/c1-3-36-18-11-9-17(10-12-18)30-25(32)26(33)31-29-15-16-8-13-20(21(14-16)35-2)37-27(34)24-23(28)19-6-4-5-7-22(19)38-24/h4-15H,3H2,1-2H3,(H,30,32)(H,31,33)/b29-15+. The van der Waals surface area contributed by atoms with Gasteiger partial charge < -0.3 is 19.5 Å². The van der Waals surface area contributed by atoms with Gasteiger partial charge in [-0.2, -0.15) is 5.10 Å². The molecule has 0 fully saturated rings. The molecule has 9 nitrogen and oxygen atoms in total. The highest BCUT2D eigenvalue weighted by Gasteiger charge is 2.20. The zero-order valence-corrected chi connectivity index (χ0v) is 21.9. The predicted molar refractivity (Wildman–Crippen MR) is 147 cm³/mol. The van der Waals surface area contributed by atoms with E-state index in [0.29, 0.717) is 28.6 Å². The summed E-state index contributed by atoms with van der Waals surface area (Å²) in [5, 5.41) is 7.39. The molecule has 0 aliphatic rings. The number of methoxy groups -OCH3 is 1. The molecule has 3 aromatic carbocycles. The van der Waals surface area contributed by atoms with Crippen LogP contribution in [0.2, 0.25) is 5.02 Å². The lowest BCUT2D eigenvalue weighted by atomic mass is 10.2. The summed E-state index contributed by atoms with van der Waals surface area (Å²) >= 11 is 7.62. The first-order chi connectivity index (χ1) is 18.4. The van der Waals surface area contributed by atoms with Crippen molar-refractivity contribution in [3.63, 3.8) is 0 Å². The van der Waals surface area contributed by atoms with Crippen LogP contribution in [0.15, 0.2) is 71.8 Å². The molecule has 0 saturated heterocycles. The van der Waals surface area contributed by atoms with Crippen LogP contribution in [0.4, 0.5) is 5.69 Å². The van der Waals surface area contributed by atoms with Crippen LogP contribution < -0.4 is 25.0 Å². The number of esters is 1. The van der Waals surface area contributed by atoms with Crippen molar-refractivity contribution in [2.24, 2.45) is 5.10 Å².